The zero-order valence-corrected chi connectivity index (χ0v) is 12.8. The number of nitrogens with zero attached hydrogens (tertiary/aromatic N) is 3. The highest BCUT2D eigenvalue weighted by Gasteiger charge is 2.43. The lowest BCUT2D eigenvalue weighted by molar-refractivity contribution is -0.383. The van der Waals surface area contributed by atoms with Gasteiger partial charge in [0.15, 0.2) is 5.52 Å². The van der Waals surface area contributed by atoms with Gasteiger partial charge in [-0.15, -0.1) is 0 Å². The predicted octanol–water partition coefficient (Wildman–Crippen LogP) is 4.67. The van der Waals surface area contributed by atoms with Crippen molar-refractivity contribution in [2.75, 3.05) is 0 Å². The molecule has 0 aliphatic rings. The van der Waals surface area contributed by atoms with E-state index < -0.39 is 51.5 Å². The van der Waals surface area contributed by atoms with Crippen LogP contribution in [0.1, 0.15) is 11.4 Å². The third-order valence-corrected chi connectivity index (χ3v) is 3.08. The molecule has 13 heteroatoms. The molecule has 0 aliphatic carbocycles. The summed E-state index contributed by atoms with van der Waals surface area (Å²) in [7, 11) is 0. The Morgan fingerprint density at radius 3 is 2.33 bits per heavy atom. The molecule has 0 radical (unpaired) electrons. The zero-order valence-electron chi connectivity index (χ0n) is 12.8. The molecule has 0 spiro atoms. The van der Waals surface area contributed by atoms with Crippen LogP contribution in [0.4, 0.5) is 36.8 Å². The largest absolute Gasteiger partial charge is 0.450 e. The van der Waals surface area contributed by atoms with Crippen LogP contribution < -0.4 is 0 Å². The van der Waals surface area contributed by atoms with Crippen molar-refractivity contribution >= 4 is 22.8 Å². The molecule has 2 rings (SSSR count). The number of carbonyl (C=O) groups excluding carboxylic acids is 1. The number of hydrogen-bond donors (Lipinski definition) is 0. The Bertz CT molecular complexity index is 958. The smallest absolute Gasteiger partial charge is 0.418 e. The molecule has 0 saturated heterocycles. The van der Waals surface area contributed by atoms with Gasteiger partial charge < -0.3 is 4.74 Å². The summed E-state index contributed by atoms with van der Waals surface area (Å²) in [6.07, 6.45) is -9.38. The van der Waals surface area contributed by atoms with E-state index in [2.05, 4.69) is 16.3 Å². The number of benzene rings is 1. The SMILES string of the molecule is C=C/C=C/OC(=O)n1c(C(F)(F)F)nc2cc(C(F)(F)F)cc([N+](=O)[O-])c21. The van der Waals surface area contributed by atoms with E-state index in [1.54, 1.807) is 0 Å². The van der Waals surface area contributed by atoms with E-state index in [0.717, 1.165) is 12.2 Å². The first-order valence-electron chi connectivity index (χ1n) is 6.71. The number of fused-ring (bicyclic) bond motifs is 1. The van der Waals surface area contributed by atoms with Gasteiger partial charge in [-0.2, -0.15) is 26.3 Å². The fraction of sp³-hybridized carbons (Fsp3) is 0.143. The summed E-state index contributed by atoms with van der Waals surface area (Å²) in [5, 5.41) is 11.1. The zero-order chi connectivity index (χ0) is 20.6. The molecule has 0 aliphatic heterocycles. The average Bonchev–Trinajstić information content (AvgIpc) is 2.92. The lowest BCUT2D eigenvalue weighted by atomic mass is 10.1. The molecule has 1 heterocycles. The number of alkyl halides is 6. The number of carbonyl (C=O) groups is 1. The van der Waals surface area contributed by atoms with Crippen LogP contribution in [-0.4, -0.2) is 20.6 Å². The third kappa shape index (κ3) is 3.91. The number of imidazole rings is 1. The summed E-state index contributed by atoms with van der Waals surface area (Å²) in [6.45, 7) is 3.22. The van der Waals surface area contributed by atoms with Crippen LogP contribution in [0.2, 0.25) is 0 Å². The average molecular weight is 395 g/mol. The van der Waals surface area contributed by atoms with Crippen molar-refractivity contribution < 1.29 is 40.8 Å². The van der Waals surface area contributed by atoms with Crippen molar-refractivity contribution in [3.63, 3.8) is 0 Å². The van der Waals surface area contributed by atoms with Gasteiger partial charge in [0.2, 0.25) is 5.82 Å². The van der Waals surface area contributed by atoms with Crippen LogP contribution in [0.15, 0.2) is 37.1 Å². The van der Waals surface area contributed by atoms with Crippen molar-refractivity contribution in [1.82, 2.24) is 9.55 Å². The van der Waals surface area contributed by atoms with Gasteiger partial charge in [0, 0.05) is 6.07 Å². The maximum atomic E-state index is 13.2. The molecule has 27 heavy (non-hydrogen) atoms. The first kappa shape index (κ1) is 19.9. The van der Waals surface area contributed by atoms with Crippen LogP contribution in [0, 0.1) is 10.1 Å². The van der Waals surface area contributed by atoms with Crippen molar-refractivity contribution in [3.8, 4) is 0 Å². The Morgan fingerprint density at radius 1 is 1.22 bits per heavy atom. The maximum absolute atomic E-state index is 13.2. The van der Waals surface area contributed by atoms with E-state index in [0.29, 0.717) is 6.26 Å². The van der Waals surface area contributed by atoms with E-state index in [9.17, 15) is 41.3 Å². The van der Waals surface area contributed by atoms with E-state index in [1.165, 1.54) is 0 Å². The van der Waals surface area contributed by atoms with Gasteiger partial charge in [0.05, 0.1) is 22.3 Å². The topological polar surface area (TPSA) is 87.3 Å². The fourth-order valence-corrected chi connectivity index (χ4v) is 2.07. The van der Waals surface area contributed by atoms with Gasteiger partial charge in [-0.05, 0) is 12.1 Å². The Labute approximate surface area is 145 Å². The molecule has 0 saturated carbocycles. The highest BCUT2D eigenvalue weighted by atomic mass is 19.4. The second kappa shape index (κ2) is 6.74. The Kier molecular flexibility index (Phi) is 4.97. The van der Waals surface area contributed by atoms with E-state index in [-0.39, 0.29) is 16.7 Å². The van der Waals surface area contributed by atoms with Gasteiger partial charge in [-0.3, -0.25) is 10.1 Å². The van der Waals surface area contributed by atoms with Crippen LogP contribution in [0.3, 0.4) is 0 Å². The van der Waals surface area contributed by atoms with Crippen LogP contribution in [-0.2, 0) is 17.1 Å². The maximum Gasteiger partial charge on any atom is 0.450 e. The molecule has 0 bridgehead atoms. The molecule has 0 N–H and O–H groups in total. The monoisotopic (exact) mass is 395 g/mol. The summed E-state index contributed by atoms with van der Waals surface area (Å²) in [4.78, 5) is 24.7. The van der Waals surface area contributed by atoms with Crippen molar-refractivity contribution in [1.29, 1.82) is 0 Å². The Hall–Kier alpha value is -3.38. The third-order valence-electron chi connectivity index (χ3n) is 3.08. The van der Waals surface area contributed by atoms with Crippen molar-refractivity contribution in [3.05, 3.63) is 58.6 Å². The van der Waals surface area contributed by atoms with Crippen molar-refractivity contribution in [2.24, 2.45) is 0 Å². The minimum absolute atomic E-state index is 0.00747. The van der Waals surface area contributed by atoms with Crippen LogP contribution in [0.5, 0.6) is 0 Å². The first-order chi connectivity index (χ1) is 12.4. The molecular formula is C14H7F6N3O4. The van der Waals surface area contributed by atoms with Gasteiger partial charge in [0.1, 0.15) is 0 Å². The minimum Gasteiger partial charge on any atom is -0.418 e. The summed E-state index contributed by atoms with van der Waals surface area (Å²) >= 11 is 0. The Morgan fingerprint density at radius 2 is 1.85 bits per heavy atom. The lowest BCUT2D eigenvalue weighted by Crippen LogP contribution is -2.21. The number of rotatable bonds is 3. The molecule has 7 nitrogen and oxygen atoms in total. The molecule has 0 amide bonds. The molecule has 1 aromatic heterocycles. The number of nitro benzene ring substituents is 1. The van der Waals surface area contributed by atoms with Crippen LogP contribution >= 0.6 is 0 Å². The van der Waals surface area contributed by atoms with Gasteiger partial charge >= 0.3 is 18.4 Å². The quantitative estimate of drug-likeness (QED) is 0.248. The molecule has 0 unspecified atom stereocenters. The Balaban J connectivity index is 2.89. The normalized spacial score (nSPS) is 12.5. The number of allylic oxidation sites excluding steroid dienone is 2. The molecule has 0 atom stereocenters. The number of aromatic nitrogens is 2. The molecular weight excluding hydrogens is 388 g/mol. The minimum atomic E-state index is -5.31. The van der Waals surface area contributed by atoms with E-state index in [1.807, 2.05) is 0 Å². The van der Waals surface area contributed by atoms with Gasteiger partial charge in [-0.25, -0.2) is 14.3 Å². The number of nitro groups is 1. The second-order valence-corrected chi connectivity index (χ2v) is 4.83. The molecule has 1 aromatic carbocycles. The lowest BCUT2D eigenvalue weighted by Gasteiger charge is -2.09. The number of non-ortho nitro benzene ring substituents is 1. The highest BCUT2D eigenvalue weighted by Crippen LogP contribution is 2.39. The van der Waals surface area contributed by atoms with Gasteiger partial charge in [-0.1, -0.05) is 12.7 Å². The number of halogens is 6. The predicted molar refractivity (Wildman–Crippen MR) is 77.6 cm³/mol. The van der Waals surface area contributed by atoms with E-state index >= 15 is 0 Å². The fourth-order valence-electron chi connectivity index (χ4n) is 2.07. The van der Waals surface area contributed by atoms with Gasteiger partial charge in [0.25, 0.3) is 5.69 Å². The highest BCUT2D eigenvalue weighted by molar-refractivity contribution is 5.94. The van der Waals surface area contributed by atoms with Crippen molar-refractivity contribution in [2.45, 2.75) is 12.4 Å². The number of ether oxygens (including phenoxy) is 1. The standard InChI is InChI=1S/C14H7F6N3O4/c1-2-3-4-27-12(24)22-10-8(21-11(22)14(18,19)20)5-7(13(15,16)17)6-9(10)23(25)26/h2-6H,1H2/b4-3+. The second-order valence-electron chi connectivity index (χ2n) is 4.83. The summed E-state index contributed by atoms with van der Waals surface area (Å²) < 4.78 is 82.3. The number of hydrogen-bond acceptors (Lipinski definition) is 5. The molecule has 0 fully saturated rings. The summed E-state index contributed by atoms with van der Waals surface area (Å²) in [5.41, 5.74) is -5.13. The molecule has 2 aromatic rings. The van der Waals surface area contributed by atoms with E-state index in [4.69, 9.17) is 0 Å². The summed E-state index contributed by atoms with van der Waals surface area (Å²) in [5.74, 6) is -1.98. The molecule has 144 valence electrons. The summed E-state index contributed by atoms with van der Waals surface area (Å²) in [6, 6.07) is 0.175. The first-order valence-corrected chi connectivity index (χ1v) is 6.71. The van der Waals surface area contributed by atoms with Crippen LogP contribution in [0.25, 0.3) is 11.0 Å².